The Morgan fingerprint density at radius 3 is 1.52 bits per heavy atom. The summed E-state index contributed by atoms with van der Waals surface area (Å²) >= 11 is 27.8. The van der Waals surface area contributed by atoms with Gasteiger partial charge in [0.05, 0.1) is 10.1 Å². The van der Waals surface area contributed by atoms with Crippen LogP contribution < -0.4 is 0 Å². The lowest BCUT2D eigenvalue weighted by Crippen LogP contribution is -1.99. The van der Waals surface area contributed by atoms with Gasteiger partial charge in [0.1, 0.15) is 5.82 Å². The van der Waals surface area contributed by atoms with Crippen molar-refractivity contribution in [2.75, 3.05) is 0 Å². The zero-order valence-corrected chi connectivity index (χ0v) is 19.3. The van der Waals surface area contributed by atoms with Crippen LogP contribution in [0.5, 0.6) is 0 Å². The van der Waals surface area contributed by atoms with Crippen molar-refractivity contribution in [3.63, 3.8) is 0 Å². The fourth-order valence-corrected chi connectivity index (χ4v) is 6.12. The number of benzene rings is 2. The van der Waals surface area contributed by atoms with Crippen LogP contribution in [0.3, 0.4) is 0 Å². The minimum Gasteiger partial charge on any atom is -0.283 e. The van der Waals surface area contributed by atoms with Gasteiger partial charge in [0.2, 0.25) is 0 Å². The smallest absolute Gasteiger partial charge is 0.138 e. The zero-order chi connectivity index (χ0) is 20.4. The van der Waals surface area contributed by atoms with E-state index in [-0.39, 0.29) is 0 Å². The minimum atomic E-state index is 0.596. The van der Waals surface area contributed by atoms with Crippen molar-refractivity contribution in [1.82, 2.24) is 9.55 Å². The van der Waals surface area contributed by atoms with E-state index in [1.165, 1.54) is 0 Å². The molecule has 0 bridgehead atoms. The van der Waals surface area contributed by atoms with E-state index in [0.29, 0.717) is 20.1 Å². The maximum atomic E-state index is 6.17. The number of pyridine rings is 1. The quantitative estimate of drug-likeness (QED) is 0.274. The highest BCUT2D eigenvalue weighted by molar-refractivity contribution is 8.00. The van der Waals surface area contributed by atoms with Gasteiger partial charge in [-0.2, -0.15) is 0 Å². The molecule has 0 aliphatic carbocycles. The fourth-order valence-electron chi connectivity index (χ4n) is 2.69. The van der Waals surface area contributed by atoms with E-state index in [9.17, 15) is 0 Å². The molecule has 0 N–H and O–H groups in total. The standard InChI is InChI=1S/C21H12Cl4N2S2/c22-13-7-14(23)10-17(9-13)28-20-4-5-21(27(20)19-3-1-2-6-26-19)29-18-11-15(24)8-16(25)12-18/h1-12H. The van der Waals surface area contributed by atoms with Crippen molar-refractivity contribution in [2.45, 2.75) is 19.8 Å². The Morgan fingerprint density at radius 2 is 1.10 bits per heavy atom. The number of aromatic nitrogens is 2. The third kappa shape index (κ3) is 5.26. The van der Waals surface area contributed by atoms with Crippen molar-refractivity contribution in [3.8, 4) is 5.82 Å². The van der Waals surface area contributed by atoms with Crippen LogP contribution in [0.15, 0.2) is 92.8 Å². The third-order valence-corrected chi connectivity index (χ3v) is 6.68. The van der Waals surface area contributed by atoms with Crippen molar-refractivity contribution in [3.05, 3.63) is 93.0 Å². The number of rotatable bonds is 5. The van der Waals surface area contributed by atoms with Crippen LogP contribution in [0.4, 0.5) is 0 Å². The zero-order valence-electron chi connectivity index (χ0n) is 14.7. The molecule has 0 fully saturated rings. The monoisotopic (exact) mass is 496 g/mol. The largest absolute Gasteiger partial charge is 0.283 e. The number of hydrogen-bond donors (Lipinski definition) is 0. The topological polar surface area (TPSA) is 17.8 Å². The highest BCUT2D eigenvalue weighted by atomic mass is 35.5. The Balaban J connectivity index is 1.76. The molecule has 0 spiro atoms. The lowest BCUT2D eigenvalue weighted by Gasteiger charge is -2.13. The molecule has 0 unspecified atom stereocenters. The maximum absolute atomic E-state index is 6.17. The summed E-state index contributed by atoms with van der Waals surface area (Å²) in [5.41, 5.74) is 0. The molecule has 0 atom stereocenters. The molecule has 0 amide bonds. The molecular formula is C21H12Cl4N2S2. The van der Waals surface area contributed by atoms with Crippen molar-refractivity contribution in [1.29, 1.82) is 0 Å². The Kier molecular flexibility index (Phi) is 6.69. The SMILES string of the molecule is Clc1cc(Cl)cc(Sc2ccc(Sc3cc(Cl)cc(Cl)c3)n2-c2ccccn2)c1. The van der Waals surface area contributed by atoms with Gasteiger partial charge in [-0.1, -0.05) is 76.0 Å². The summed E-state index contributed by atoms with van der Waals surface area (Å²) < 4.78 is 2.08. The molecule has 146 valence electrons. The highest BCUT2D eigenvalue weighted by Gasteiger charge is 2.15. The van der Waals surface area contributed by atoms with Crippen molar-refractivity contribution < 1.29 is 0 Å². The van der Waals surface area contributed by atoms with Gasteiger partial charge in [-0.05, 0) is 60.7 Å². The average molecular weight is 498 g/mol. The summed E-state index contributed by atoms with van der Waals surface area (Å²) in [5, 5.41) is 4.35. The summed E-state index contributed by atoms with van der Waals surface area (Å²) in [5.74, 6) is 0.809. The van der Waals surface area contributed by atoms with Gasteiger partial charge >= 0.3 is 0 Å². The second kappa shape index (κ2) is 9.25. The van der Waals surface area contributed by atoms with Crippen LogP contribution in [0, 0.1) is 0 Å². The van der Waals surface area contributed by atoms with Crippen LogP contribution in [-0.4, -0.2) is 9.55 Å². The van der Waals surface area contributed by atoms with Crippen molar-refractivity contribution in [2.24, 2.45) is 0 Å². The number of halogens is 4. The Bertz CT molecular complexity index is 1050. The third-order valence-electron chi connectivity index (χ3n) is 3.80. The van der Waals surface area contributed by atoms with Crippen LogP contribution in [0.2, 0.25) is 20.1 Å². The van der Waals surface area contributed by atoms with E-state index in [0.717, 1.165) is 25.7 Å². The van der Waals surface area contributed by atoms with Crippen LogP contribution in [0.1, 0.15) is 0 Å². The van der Waals surface area contributed by atoms with E-state index in [1.807, 2.05) is 54.6 Å². The lowest BCUT2D eigenvalue weighted by atomic mass is 10.4. The molecule has 8 heteroatoms. The van der Waals surface area contributed by atoms with Gasteiger partial charge in [0.25, 0.3) is 0 Å². The normalized spacial score (nSPS) is 11.0. The Labute approximate surface area is 197 Å². The molecule has 0 aliphatic rings. The van der Waals surface area contributed by atoms with Gasteiger partial charge in [-0.15, -0.1) is 0 Å². The summed E-state index contributed by atoms with van der Waals surface area (Å²) in [4.78, 5) is 6.42. The van der Waals surface area contributed by atoms with Gasteiger partial charge in [0.15, 0.2) is 0 Å². The first-order valence-electron chi connectivity index (χ1n) is 8.39. The predicted octanol–water partition coefficient (Wildman–Crippen LogP) is 8.79. The molecule has 29 heavy (non-hydrogen) atoms. The molecule has 0 radical (unpaired) electrons. The first-order valence-corrected chi connectivity index (χ1v) is 11.5. The summed E-state index contributed by atoms with van der Waals surface area (Å²) in [7, 11) is 0. The van der Waals surface area contributed by atoms with E-state index in [2.05, 4.69) is 9.55 Å². The first kappa shape index (κ1) is 21.0. The molecular weight excluding hydrogens is 486 g/mol. The average Bonchev–Trinajstić information content (AvgIpc) is 3.02. The maximum Gasteiger partial charge on any atom is 0.138 e. The molecule has 2 aromatic heterocycles. The van der Waals surface area contributed by atoms with E-state index in [1.54, 1.807) is 41.9 Å². The minimum absolute atomic E-state index is 0.596. The second-order valence-electron chi connectivity index (χ2n) is 5.95. The van der Waals surface area contributed by atoms with E-state index < -0.39 is 0 Å². The summed E-state index contributed by atoms with van der Waals surface area (Å²) in [6.07, 6.45) is 1.77. The number of nitrogens with zero attached hydrogens (tertiary/aromatic N) is 2. The second-order valence-corrected chi connectivity index (χ2v) is 9.88. The Morgan fingerprint density at radius 1 is 0.621 bits per heavy atom. The Hall–Kier alpha value is -1.27. The van der Waals surface area contributed by atoms with Crippen LogP contribution in [0.25, 0.3) is 5.82 Å². The number of hydrogen-bond acceptors (Lipinski definition) is 3. The molecule has 0 saturated carbocycles. The molecule has 0 saturated heterocycles. The van der Waals surface area contributed by atoms with Gasteiger partial charge in [0, 0.05) is 36.1 Å². The highest BCUT2D eigenvalue weighted by Crippen LogP contribution is 2.39. The van der Waals surface area contributed by atoms with Crippen LogP contribution in [-0.2, 0) is 0 Å². The van der Waals surface area contributed by atoms with Gasteiger partial charge in [-0.3, -0.25) is 4.57 Å². The lowest BCUT2D eigenvalue weighted by molar-refractivity contribution is 0.831. The first-order chi connectivity index (χ1) is 14.0. The molecule has 4 rings (SSSR count). The molecule has 2 nitrogen and oxygen atoms in total. The summed E-state index contributed by atoms with van der Waals surface area (Å²) in [6.45, 7) is 0. The van der Waals surface area contributed by atoms with Crippen LogP contribution >= 0.6 is 69.9 Å². The summed E-state index contributed by atoms with van der Waals surface area (Å²) in [6, 6.07) is 20.9. The fraction of sp³-hybridized carbons (Fsp3) is 0. The van der Waals surface area contributed by atoms with Gasteiger partial charge in [-0.25, -0.2) is 4.98 Å². The molecule has 2 heterocycles. The van der Waals surface area contributed by atoms with E-state index in [4.69, 9.17) is 46.4 Å². The molecule has 4 aromatic rings. The van der Waals surface area contributed by atoms with Gasteiger partial charge < -0.3 is 0 Å². The molecule has 0 aliphatic heterocycles. The van der Waals surface area contributed by atoms with Crippen molar-refractivity contribution >= 4 is 69.9 Å². The molecule has 2 aromatic carbocycles. The predicted molar refractivity (Wildman–Crippen MR) is 125 cm³/mol. The van der Waals surface area contributed by atoms with E-state index >= 15 is 0 Å².